The van der Waals surface area contributed by atoms with E-state index in [0.717, 1.165) is 30.9 Å². The van der Waals surface area contributed by atoms with Crippen molar-refractivity contribution in [2.75, 3.05) is 25.6 Å². The van der Waals surface area contributed by atoms with Crippen LogP contribution in [0.4, 0.5) is 11.5 Å². The van der Waals surface area contributed by atoms with Crippen LogP contribution in [0.15, 0.2) is 36.4 Å². The zero-order chi connectivity index (χ0) is 16.8. The van der Waals surface area contributed by atoms with E-state index in [4.69, 9.17) is 9.47 Å². The summed E-state index contributed by atoms with van der Waals surface area (Å²) in [4.78, 5) is 11.3. The van der Waals surface area contributed by atoms with Crippen molar-refractivity contribution in [3.8, 4) is 5.75 Å². The quantitative estimate of drug-likeness (QED) is 0.816. The van der Waals surface area contributed by atoms with Crippen molar-refractivity contribution in [1.82, 2.24) is 10.2 Å². The minimum absolute atomic E-state index is 0.168. The first-order valence-electron chi connectivity index (χ1n) is 7.78. The van der Waals surface area contributed by atoms with Gasteiger partial charge >= 0.3 is 5.97 Å². The van der Waals surface area contributed by atoms with Gasteiger partial charge in [-0.05, 0) is 49.2 Å². The monoisotopic (exact) mass is 329 g/mol. The maximum atomic E-state index is 11.3. The molecule has 2 aromatic rings. The van der Waals surface area contributed by atoms with Gasteiger partial charge in [-0.2, -0.15) is 0 Å². The number of aromatic nitrogens is 2. The SMILES string of the molecule is COC(=O)c1ccc(Nc2ccc(OCC3CCCO3)cc2)nn1. The Balaban J connectivity index is 1.54. The Labute approximate surface area is 139 Å². The van der Waals surface area contributed by atoms with Crippen molar-refractivity contribution in [2.45, 2.75) is 18.9 Å². The maximum absolute atomic E-state index is 11.3. The molecule has 0 radical (unpaired) electrons. The molecule has 1 aromatic carbocycles. The lowest BCUT2D eigenvalue weighted by molar-refractivity contribution is 0.0592. The van der Waals surface area contributed by atoms with E-state index in [-0.39, 0.29) is 11.8 Å². The second kappa shape index (κ2) is 7.74. The first-order valence-corrected chi connectivity index (χ1v) is 7.78. The third-order valence-electron chi connectivity index (χ3n) is 3.65. The third-order valence-corrected chi connectivity index (χ3v) is 3.65. The van der Waals surface area contributed by atoms with Gasteiger partial charge in [0.25, 0.3) is 0 Å². The van der Waals surface area contributed by atoms with E-state index in [9.17, 15) is 4.79 Å². The van der Waals surface area contributed by atoms with Crippen LogP contribution in [-0.4, -0.2) is 42.6 Å². The van der Waals surface area contributed by atoms with Gasteiger partial charge in [0.15, 0.2) is 11.5 Å². The van der Waals surface area contributed by atoms with E-state index < -0.39 is 5.97 Å². The predicted molar refractivity (Wildman–Crippen MR) is 87.6 cm³/mol. The van der Waals surface area contributed by atoms with Crippen LogP contribution < -0.4 is 10.1 Å². The van der Waals surface area contributed by atoms with E-state index in [0.29, 0.717) is 12.4 Å². The fourth-order valence-electron chi connectivity index (χ4n) is 2.36. The van der Waals surface area contributed by atoms with E-state index in [2.05, 4.69) is 20.3 Å². The number of carbonyl (C=O) groups excluding carboxylic acids is 1. The summed E-state index contributed by atoms with van der Waals surface area (Å²) in [6, 6.07) is 10.8. The van der Waals surface area contributed by atoms with Gasteiger partial charge in [0, 0.05) is 12.3 Å². The van der Waals surface area contributed by atoms with Crippen LogP contribution in [-0.2, 0) is 9.47 Å². The maximum Gasteiger partial charge on any atom is 0.358 e. The van der Waals surface area contributed by atoms with Gasteiger partial charge < -0.3 is 19.5 Å². The highest BCUT2D eigenvalue weighted by Gasteiger charge is 2.15. The molecule has 2 heterocycles. The zero-order valence-electron chi connectivity index (χ0n) is 13.4. The number of hydrogen-bond donors (Lipinski definition) is 1. The topological polar surface area (TPSA) is 82.6 Å². The number of ether oxygens (including phenoxy) is 3. The Morgan fingerprint density at radius 2 is 2.08 bits per heavy atom. The standard InChI is InChI=1S/C17H19N3O4/c1-22-17(21)15-8-9-16(20-19-15)18-12-4-6-13(7-5-12)24-11-14-3-2-10-23-14/h4-9,14H,2-3,10-11H2,1H3,(H,18,20). The second-order valence-electron chi connectivity index (χ2n) is 5.39. The summed E-state index contributed by atoms with van der Waals surface area (Å²) in [5, 5.41) is 10.9. The number of esters is 1. The number of nitrogens with zero attached hydrogens (tertiary/aromatic N) is 2. The molecule has 1 saturated heterocycles. The highest BCUT2D eigenvalue weighted by Crippen LogP contribution is 2.20. The van der Waals surface area contributed by atoms with Crippen molar-refractivity contribution in [1.29, 1.82) is 0 Å². The molecule has 3 rings (SSSR count). The lowest BCUT2D eigenvalue weighted by atomic mass is 10.2. The summed E-state index contributed by atoms with van der Waals surface area (Å²) < 4.78 is 15.8. The number of carbonyl (C=O) groups is 1. The molecule has 0 amide bonds. The molecule has 0 spiro atoms. The fraction of sp³-hybridized carbons (Fsp3) is 0.353. The molecule has 1 aliphatic heterocycles. The van der Waals surface area contributed by atoms with Gasteiger partial charge in [-0.1, -0.05) is 0 Å². The van der Waals surface area contributed by atoms with Crippen molar-refractivity contribution in [3.63, 3.8) is 0 Å². The predicted octanol–water partition coefficient (Wildman–Crippen LogP) is 2.56. The number of anilines is 2. The van der Waals surface area contributed by atoms with Crippen molar-refractivity contribution >= 4 is 17.5 Å². The molecule has 1 atom stereocenters. The van der Waals surface area contributed by atoms with Crippen LogP contribution in [0.25, 0.3) is 0 Å². The summed E-state index contributed by atoms with van der Waals surface area (Å²) in [5.74, 6) is 0.820. The molecule has 7 heteroatoms. The summed E-state index contributed by atoms with van der Waals surface area (Å²) in [5.41, 5.74) is 1.01. The van der Waals surface area contributed by atoms with Gasteiger partial charge in [0.1, 0.15) is 12.4 Å². The summed E-state index contributed by atoms with van der Waals surface area (Å²) in [7, 11) is 1.30. The Hall–Kier alpha value is -2.67. The first-order chi connectivity index (χ1) is 11.7. The van der Waals surface area contributed by atoms with Gasteiger partial charge in [0.2, 0.25) is 0 Å². The number of rotatable bonds is 6. The molecule has 7 nitrogen and oxygen atoms in total. The van der Waals surface area contributed by atoms with E-state index in [1.807, 2.05) is 24.3 Å². The summed E-state index contributed by atoms with van der Waals surface area (Å²) in [6.07, 6.45) is 2.36. The minimum Gasteiger partial charge on any atom is -0.491 e. The first kappa shape index (κ1) is 16.2. The molecule has 126 valence electrons. The number of benzene rings is 1. The van der Waals surface area contributed by atoms with Gasteiger partial charge in [-0.25, -0.2) is 4.79 Å². The molecule has 1 unspecified atom stereocenters. The highest BCUT2D eigenvalue weighted by molar-refractivity contribution is 5.87. The normalized spacial score (nSPS) is 16.6. The molecule has 0 bridgehead atoms. The van der Waals surface area contributed by atoms with Crippen molar-refractivity contribution < 1.29 is 19.0 Å². The number of methoxy groups -OCH3 is 1. The average molecular weight is 329 g/mol. The molecule has 1 N–H and O–H groups in total. The third kappa shape index (κ3) is 4.20. The minimum atomic E-state index is -0.512. The Bertz CT molecular complexity index is 667. The number of hydrogen-bond acceptors (Lipinski definition) is 7. The van der Waals surface area contributed by atoms with Gasteiger partial charge in [0.05, 0.1) is 13.2 Å². The van der Waals surface area contributed by atoms with Crippen molar-refractivity contribution in [3.05, 3.63) is 42.1 Å². The summed E-state index contributed by atoms with van der Waals surface area (Å²) in [6.45, 7) is 1.40. The molecule has 0 saturated carbocycles. The van der Waals surface area contributed by atoms with E-state index in [1.165, 1.54) is 7.11 Å². The van der Waals surface area contributed by atoms with Crippen LogP contribution in [0.1, 0.15) is 23.3 Å². The van der Waals surface area contributed by atoms with Gasteiger partial charge in [-0.3, -0.25) is 0 Å². The zero-order valence-corrected chi connectivity index (χ0v) is 13.4. The largest absolute Gasteiger partial charge is 0.491 e. The smallest absolute Gasteiger partial charge is 0.358 e. The lowest BCUT2D eigenvalue weighted by Gasteiger charge is -2.12. The van der Waals surface area contributed by atoms with Crippen LogP contribution in [0.2, 0.25) is 0 Å². The molecule has 24 heavy (non-hydrogen) atoms. The molecular formula is C17H19N3O4. The van der Waals surface area contributed by atoms with Crippen LogP contribution in [0.5, 0.6) is 5.75 Å². The Morgan fingerprint density at radius 1 is 1.25 bits per heavy atom. The van der Waals surface area contributed by atoms with Gasteiger partial charge in [-0.15, -0.1) is 10.2 Å². The lowest BCUT2D eigenvalue weighted by Crippen LogP contribution is -2.16. The fourth-order valence-corrected chi connectivity index (χ4v) is 2.36. The second-order valence-corrected chi connectivity index (χ2v) is 5.39. The van der Waals surface area contributed by atoms with E-state index in [1.54, 1.807) is 12.1 Å². The summed E-state index contributed by atoms with van der Waals surface area (Å²) >= 11 is 0. The van der Waals surface area contributed by atoms with Crippen LogP contribution in [0.3, 0.4) is 0 Å². The van der Waals surface area contributed by atoms with Crippen molar-refractivity contribution in [2.24, 2.45) is 0 Å². The Kier molecular flexibility index (Phi) is 5.22. The molecular weight excluding hydrogens is 310 g/mol. The van der Waals surface area contributed by atoms with Crippen LogP contribution in [0, 0.1) is 0 Å². The molecule has 1 fully saturated rings. The molecule has 0 aliphatic carbocycles. The molecule has 1 aliphatic rings. The van der Waals surface area contributed by atoms with Crippen LogP contribution >= 0.6 is 0 Å². The average Bonchev–Trinajstić information content (AvgIpc) is 3.15. The van der Waals surface area contributed by atoms with E-state index >= 15 is 0 Å². The Morgan fingerprint density at radius 3 is 2.71 bits per heavy atom. The number of nitrogens with one attached hydrogen (secondary N) is 1. The molecule has 1 aromatic heterocycles. The highest BCUT2D eigenvalue weighted by atomic mass is 16.5.